The molecule has 0 atom stereocenters. The first-order chi connectivity index (χ1) is 8.17. The topological polar surface area (TPSA) is 12.0 Å². The number of hydrogen-bond donors (Lipinski definition) is 1. The molecule has 0 unspecified atom stereocenters. The van der Waals surface area contributed by atoms with Gasteiger partial charge in [0.2, 0.25) is 0 Å². The van der Waals surface area contributed by atoms with Gasteiger partial charge in [-0.15, -0.1) is 0 Å². The molecule has 0 spiro atoms. The molecule has 0 heterocycles. The van der Waals surface area contributed by atoms with Crippen molar-refractivity contribution in [1.82, 2.24) is 5.32 Å². The van der Waals surface area contributed by atoms with Crippen LogP contribution in [-0.2, 0) is 0 Å². The van der Waals surface area contributed by atoms with Crippen molar-refractivity contribution in [3.8, 4) is 0 Å². The van der Waals surface area contributed by atoms with E-state index in [1.165, 1.54) is 12.8 Å². The third-order valence-corrected chi connectivity index (χ3v) is 3.33. The maximum Gasteiger partial charge on any atom is 0.0446 e. The van der Waals surface area contributed by atoms with Gasteiger partial charge >= 0.3 is 0 Å². The van der Waals surface area contributed by atoms with Crippen molar-refractivity contribution in [1.29, 1.82) is 0 Å². The maximum atomic E-state index is 6.12. The molecule has 0 aliphatic carbocycles. The van der Waals surface area contributed by atoms with Crippen molar-refractivity contribution in [2.45, 2.75) is 39.5 Å². The first kappa shape index (κ1) is 16.8. The Morgan fingerprint density at radius 1 is 1.24 bits per heavy atom. The smallest absolute Gasteiger partial charge is 0.0446 e. The highest BCUT2D eigenvalue weighted by molar-refractivity contribution is 6.36. The Morgan fingerprint density at radius 3 is 2.41 bits per heavy atom. The van der Waals surface area contributed by atoms with Gasteiger partial charge in [-0.25, -0.2) is 0 Å². The Kier molecular flexibility index (Phi) is 10.7. The zero-order chi connectivity index (χ0) is 13.1. The summed E-state index contributed by atoms with van der Waals surface area (Å²) in [4.78, 5) is 0. The van der Waals surface area contributed by atoms with E-state index in [0.29, 0.717) is 5.03 Å². The van der Waals surface area contributed by atoms with Gasteiger partial charge in [0.25, 0.3) is 0 Å². The summed E-state index contributed by atoms with van der Waals surface area (Å²) in [7, 11) is 0. The minimum Gasteiger partial charge on any atom is -0.317 e. The van der Waals surface area contributed by atoms with Crippen LogP contribution in [-0.4, -0.2) is 13.1 Å². The molecule has 0 amide bonds. The van der Waals surface area contributed by atoms with Crippen LogP contribution in [0.15, 0.2) is 34.4 Å². The monoisotopic (exact) mass is 275 g/mol. The Morgan fingerprint density at radius 2 is 1.88 bits per heavy atom. The van der Waals surface area contributed by atoms with E-state index in [-0.39, 0.29) is 0 Å². The fourth-order valence-electron chi connectivity index (χ4n) is 1.47. The molecule has 3 heteroatoms. The average Bonchev–Trinajstić information content (AvgIpc) is 2.36. The lowest BCUT2D eigenvalue weighted by Crippen LogP contribution is -2.16. The molecule has 0 bridgehead atoms. The molecule has 0 radical (unpaired) electrons. The van der Waals surface area contributed by atoms with Crippen LogP contribution in [0.3, 0.4) is 0 Å². The summed E-state index contributed by atoms with van der Waals surface area (Å²) in [5, 5.41) is 4.78. The summed E-state index contributed by atoms with van der Waals surface area (Å²) >= 11 is 12.2. The normalized spacial score (nSPS) is 13.5. The molecule has 17 heavy (non-hydrogen) atoms. The summed E-state index contributed by atoms with van der Waals surface area (Å²) in [6.07, 6.45) is 7.89. The van der Waals surface area contributed by atoms with E-state index in [0.717, 1.165) is 36.5 Å². The highest BCUT2D eigenvalue weighted by Crippen LogP contribution is 2.26. The third kappa shape index (κ3) is 7.64. The van der Waals surface area contributed by atoms with Crippen LogP contribution in [0.1, 0.15) is 39.5 Å². The predicted octanol–water partition coefficient (Wildman–Crippen LogP) is 4.98. The third-order valence-electron chi connectivity index (χ3n) is 2.50. The molecule has 0 fully saturated rings. The standard InChI is InChI=1S/C14H23Cl2N/c1-4-7-10-17-11-8-9-12(13(15)5-2)14(16)6-3/h5-6,17H,2,4,7-11H2,1,3H3/b13-12+,14-6+. The van der Waals surface area contributed by atoms with Crippen LogP contribution in [0.25, 0.3) is 0 Å². The SMILES string of the molecule is C=C/C(Cl)=C(CCCNCCCC)\C(Cl)=C/C. The second kappa shape index (κ2) is 10.9. The summed E-state index contributed by atoms with van der Waals surface area (Å²) in [5.41, 5.74) is 0.989. The molecule has 1 nitrogen and oxygen atoms in total. The summed E-state index contributed by atoms with van der Waals surface area (Å²) in [6, 6.07) is 0. The van der Waals surface area contributed by atoms with Crippen molar-refractivity contribution < 1.29 is 0 Å². The number of allylic oxidation sites excluding steroid dienone is 5. The lowest BCUT2D eigenvalue weighted by Gasteiger charge is -2.08. The molecule has 0 aromatic rings. The molecule has 0 rings (SSSR count). The minimum atomic E-state index is 0.654. The quantitative estimate of drug-likeness (QED) is 0.462. The van der Waals surface area contributed by atoms with E-state index in [9.17, 15) is 0 Å². The first-order valence-corrected chi connectivity index (χ1v) is 6.96. The molecular weight excluding hydrogens is 253 g/mol. The number of unbranched alkanes of at least 4 members (excludes halogenated alkanes) is 1. The van der Waals surface area contributed by atoms with Gasteiger partial charge in [0, 0.05) is 10.1 Å². The maximum absolute atomic E-state index is 6.12. The zero-order valence-corrected chi connectivity index (χ0v) is 12.4. The lowest BCUT2D eigenvalue weighted by atomic mass is 10.1. The van der Waals surface area contributed by atoms with Crippen LogP contribution in [0.5, 0.6) is 0 Å². The van der Waals surface area contributed by atoms with E-state index >= 15 is 0 Å². The summed E-state index contributed by atoms with van der Waals surface area (Å²) in [6.45, 7) is 9.86. The van der Waals surface area contributed by atoms with Crippen LogP contribution >= 0.6 is 23.2 Å². The Hall–Kier alpha value is -0.240. The van der Waals surface area contributed by atoms with Gasteiger partial charge in [-0.2, -0.15) is 0 Å². The molecule has 1 N–H and O–H groups in total. The van der Waals surface area contributed by atoms with Crippen molar-refractivity contribution in [2.75, 3.05) is 13.1 Å². The fraction of sp³-hybridized carbons (Fsp3) is 0.571. The summed E-state index contributed by atoms with van der Waals surface area (Å²) < 4.78 is 0. The average molecular weight is 276 g/mol. The van der Waals surface area contributed by atoms with E-state index < -0.39 is 0 Å². The number of nitrogens with one attached hydrogen (secondary N) is 1. The molecule has 0 saturated heterocycles. The van der Waals surface area contributed by atoms with Crippen molar-refractivity contribution in [3.63, 3.8) is 0 Å². The molecular formula is C14H23Cl2N. The van der Waals surface area contributed by atoms with Crippen LogP contribution in [0.4, 0.5) is 0 Å². The Balaban J connectivity index is 4.08. The number of hydrogen-bond acceptors (Lipinski definition) is 1. The van der Waals surface area contributed by atoms with E-state index in [4.69, 9.17) is 23.2 Å². The van der Waals surface area contributed by atoms with Crippen molar-refractivity contribution in [3.05, 3.63) is 34.4 Å². The largest absolute Gasteiger partial charge is 0.317 e. The van der Waals surface area contributed by atoms with Gasteiger partial charge < -0.3 is 5.32 Å². The molecule has 0 saturated carbocycles. The lowest BCUT2D eigenvalue weighted by molar-refractivity contribution is 0.617. The second-order valence-corrected chi connectivity index (χ2v) is 4.69. The van der Waals surface area contributed by atoms with Crippen LogP contribution in [0, 0.1) is 0 Å². The minimum absolute atomic E-state index is 0.654. The summed E-state index contributed by atoms with van der Waals surface area (Å²) in [5.74, 6) is 0. The van der Waals surface area contributed by atoms with Crippen LogP contribution in [0.2, 0.25) is 0 Å². The Bertz CT molecular complexity index is 280. The van der Waals surface area contributed by atoms with Gasteiger partial charge in [-0.05, 0) is 44.8 Å². The van der Waals surface area contributed by atoms with Gasteiger partial charge in [0.15, 0.2) is 0 Å². The van der Waals surface area contributed by atoms with Crippen molar-refractivity contribution >= 4 is 23.2 Å². The predicted molar refractivity (Wildman–Crippen MR) is 79.7 cm³/mol. The van der Waals surface area contributed by atoms with E-state index in [1.807, 2.05) is 13.0 Å². The zero-order valence-electron chi connectivity index (χ0n) is 10.9. The Labute approximate surface area is 116 Å². The van der Waals surface area contributed by atoms with Crippen LogP contribution < -0.4 is 5.32 Å². The van der Waals surface area contributed by atoms with Gasteiger partial charge in [-0.3, -0.25) is 0 Å². The van der Waals surface area contributed by atoms with E-state index in [1.54, 1.807) is 6.08 Å². The second-order valence-electron chi connectivity index (χ2n) is 3.87. The first-order valence-electron chi connectivity index (χ1n) is 6.21. The highest BCUT2D eigenvalue weighted by Gasteiger charge is 2.05. The van der Waals surface area contributed by atoms with Gasteiger partial charge in [0.05, 0.1) is 0 Å². The molecule has 98 valence electrons. The van der Waals surface area contributed by atoms with Gasteiger partial charge in [0.1, 0.15) is 0 Å². The number of rotatable bonds is 9. The molecule has 0 aromatic carbocycles. The fourth-order valence-corrected chi connectivity index (χ4v) is 1.91. The van der Waals surface area contributed by atoms with Gasteiger partial charge in [-0.1, -0.05) is 55.3 Å². The number of halogens is 2. The molecule has 0 aliphatic heterocycles. The van der Waals surface area contributed by atoms with Crippen molar-refractivity contribution in [2.24, 2.45) is 0 Å². The van der Waals surface area contributed by atoms with E-state index in [2.05, 4.69) is 18.8 Å². The molecule has 0 aliphatic rings. The highest BCUT2D eigenvalue weighted by atomic mass is 35.5. The molecule has 0 aromatic heterocycles.